The number of methoxy groups -OCH3 is 1. The average Bonchev–Trinajstić information content (AvgIpc) is 2.30. The largest absolute Gasteiger partial charge is 0.495 e. The lowest BCUT2D eigenvalue weighted by Gasteiger charge is -2.41. The molecule has 100 valence electrons. The maximum Gasteiger partial charge on any atom is 0.143 e. The summed E-state index contributed by atoms with van der Waals surface area (Å²) in [6.45, 7) is 9.39. The summed E-state index contributed by atoms with van der Waals surface area (Å²) < 4.78 is 5.46. The van der Waals surface area contributed by atoms with Gasteiger partial charge < -0.3 is 15.0 Å². The van der Waals surface area contributed by atoms with E-state index in [1.54, 1.807) is 7.11 Å². The van der Waals surface area contributed by atoms with Crippen molar-refractivity contribution in [1.29, 1.82) is 0 Å². The highest BCUT2D eigenvalue weighted by Crippen LogP contribution is 2.34. The summed E-state index contributed by atoms with van der Waals surface area (Å²) in [7, 11) is 1.69. The summed E-state index contributed by atoms with van der Waals surface area (Å²) >= 11 is 6.15. The number of halogens is 1. The van der Waals surface area contributed by atoms with Crippen LogP contribution in [0.4, 0.5) is 5.69 Å². The van der Waals surface area contributed by atoms with E-state index in [9.17, 15) is 0 Å². The van der Waals surface area contributed by atoms with E-state index in [2.05, 4.69) is 30.1 Å². The monoisotopic (exact) mass is 268 g/mol. The van der Waals surface area contributed by atoms with Crippen LogP contribution < -0.4 is 15.0 Å². The minimum Gasteiger partial charge on any atom is -0.495 e. The molecule has 1 aromatic rings. The van der Waals surface area contributed by atoms with Crippen LogP contribution in [-0.4, -0.2) is 32.3 Å². The molecule has 1 aromatic carbocycles. The minimum atomic E-state index is 0.122. The van der Waals surface area contributed by atoms with Crippen LogP contribution in [0, 0.1) is 6.92 Å². The Kier molecular flexibility index (Phi) is 3.74. The van der Waals surface area contributed by atoms with Crippen LogP contribution in [0.25, 0.3) is 0 Å². The molecule has 3 nitrogen and oxygen atoms in total. The first kappa shape index (κ1) is 13.5. The number of ether oxygens (including phenoxy) is 1. The van der Waals surface area contributed by atoms with E-state index in [0.717, 1.165) is 41.7 Å². The molecule has 1 fully saturated rings. The zero-order valence-electron chi connectivity index (χ0n) is 11.5. The second-order valence-corrected chi connectivity index (χ2v) is 5.91. The molecule has 0 amide bonds. The number of hydrogen-bond acceptors (Lipinski definition) is 3. The van der Waals surface area contributed by atoms with E-state index in [-0.39, 0.29) is 5.54 Å². The summed E-state index contributed by atoms with van der Waals surface area (Å²) in [5, 5.41) is 4.27. The molecule has 4 heteroatoms. The molecule has 1 heterocycles. The zero-order chi connectivity index (χ0) is 13.3. The van der Waals surface area contributed by atoms with Crippen LogP contribution in [0.1, 0.15) is 19.4 Å². The molecule has 1 aliphatic heterocycles. The van der Waals surface area contributed by atoms with Crippen LogP contribution in [-0.2, 0) is 0 Å². The SMILES string of the molecule is COc1cc(Cl)c(C)cc1N1CCNC(C)(C)C1. The lowest BCUT2D eigenvalue weighted by Crippen LogP contribution is -2.57. The number of rotatable bonds is 2. The van der Waals surface area contributed by atoms with Crippen molar-refractivity contribution in [3.8, 4) is 5.75 Å². The number of benzene rings is 1. The van der Waals surface area contributed by atoms with Gasteiger partial charge in [-0.3, -0.25) is 0 Å². The molecule has 2 rings (SSSR count). The van der Waals surface area contributed by atoms with Crippen molar-refractivity contribution in [1.82, 2.24) is 5.32 Å². The van der Waals surface area contributed by atoms with Crippen molar-refractivity contribution < 1.29 is 4.74 Å². The Morgan fingerprint density at radius 1 is 1.39 bits per heavy atom. The Morgan fingerprint density at radius 2 is 2.11 bits per heavy atom. The Labute approximate surface area is 114 Å². The molecule has 0 saturated carbocycles. The third kappa shape index (κ3) is 2.73. The zero-order valence-corrected chi connectivity index (χ0v) is 12.3. The summed E-state index contributed by atoms with van der Waals surface area (Å²) in [4.78, 5) is 2.36. The van der Waals surface area contributed by atoms with Crippen molar-refractivity contribution in [3.63, 3.8) is 0 Å². The Hall–Kier alpha value is -0.930. The van der Waals surface area contributed by atoms with Gasteiger partial charge in [0.2, 0.25) is 0 Å². The highest BCUT2D eigenvalue weighted by molar-refractivity contribution is 6.31. The Balaban J connectivity index is 2.35. The van der Waals surface area contributed by atoms with Crippen molar-refractivity contribution >= 4 is 17.3 Å². The van der Waals surface area contributed by atoms with Gasteiger partial charge in [-0.2, -0.15) is 0 Å². The van der Waals surface area contributed by atoms with Crippen molar-refractivity contribution in [3.05, 3.63) is 22.7 Å². The van der Waals surface area contributed by atoms with Gasteiger partial charge in [-0.15, -0.1) is 0 Å². The molecule has 1 aliphatic rings. The fourth-order valence-electron chi connectivity index (χ4n) is 2.41. The van der Waals surface area contributed by atoms with E-state index < -0.39 is 0 Å². The lowest BCUT2D eigenvalue weighted by molar-refractivity contribution is 0.348. The Morgan fingerprint density at radius 3 is 2.72 bits per heavy atom. The average molecular weight is 269 g/mol. The number of piperazine rings is 1. The maximum atomic E-state index is 6.15. The van der Waals surface area contributed by atoms with E-state index in [1.165, 1.54) is 0 Å². The maximum absolute atomic E-state index is 6.15. The predicted octanol–water partition coefficient (Wildman–Crippen LogP) is 2.85. The number of aryl methyl sites for hydroxylation is 1. The van der Waals surface area contributed by atoms with Gasteiger partial charge in [-0.05, 0) is 32.4 Å². The molecule has 18 heavy (non-hydrogen) atoms. The molecular weight excluding hydrogens is 248 g/mol. The molecule has 0 spiro atoms. The van der Waals surface area contributed by atoms with E-state index in [1.807, 2.05) is 13.0 Å². The fourth-order valence-corrected chi connectivity index (χ4v) is 2.56. The van der Waals surface area contributed by atoms with Gasteiger partial charge in [0.05, 0.1) is 12.8 Å². The number of anilines is 1. The highest BCUT2D eigenvalue weighted by Gasteiger charge is 2.27. The highest BCUT2D eigenvalue weighted by atomic mass is 35.5. The minimum absolute atomic E-state index is 0.122. The topological polar surface area (TPSA) is 24.5 Å². The summed E-state index contributed by atoms with van der Waals surface area (Å²) in [5.74, 6) is 0.850. The van der Waals surface area contributed by atoms with E-state index in [0.29, 0.717) is 0 Å². The molecule has 0 radical (unpaired) electrons. The molecule has 0 unspecified atom stereocenters. The van der Waals surface area contributed by atoms with Gasteiger partial charge in [-0.1, -0.05) is 11.6 Å². The molecule has 0 atom stereocenters. The van der Waals surface area contributed by atoms with Gasteiger partial charge in [-0.25, -0.2) is 0 Å². The Bertz CT molecular complexity index is 446. The first-order chi connectivity index (χ1) is 8.43. The van der Waals surface area contributed by atoms with Crippen LogP contribution in [0.2, 0.25) is 5.02 Å². The first-order valence-electron chi connectivity index (χ1n) is 6.27. The number of hydrogen-bond donors (Lipinski definition) is 1. The predicted molar refractivity (Wildman–Crippen MR) is 77.0 cm³/mol. The molecule has 0 aliphatic carbocycles. The normalized spacial score (nSPS) is 18.8. The van der Waals surface area contributed by atoms with Crippen LogP contribution in [0.3, 0.4) is 0 Å². The van der Waals surface area contributed by atoms with Gasteiger partial charge in [0, 0.05) is 36.3 Å². The number of nitrogens with one attached hydrogen (secondary N) is 1. The molecule has 0 bridgehead atoms. The quantitative estimate of drug-likeness (QED) is 0.893. The number of nitrogens with zero attached hydrogens (tertiary/aromatic N) is 1. The fraction of sp³-hybridized carbons (Fsp3) is 0.571. The molecule has 0 aromatic heterocycles. The van der Waals surface area contributed by atoms with Gasteiger partial charge in [0.1, 0.15) is 5.75 Å². The second-order valence-electron chi connectivity index (χ2n) is 5.51. The standard InChI is InChI=1S/C14H21ClN2O/c1-10-7-12(13(18-4)8-11(10)15)17-6-5-16-14(2,3)9-17/h7-8,16H,5-6,9H2,1-4H3. The third-order valence-corrected chi connectivity index (χ3v) is 3.78. The molecule has 1 saturated heterocycles. The summed E-state index contributed by atoms with van der Waals surface area (Å²) in [6, 6.07) is 4.02. The van der Waals surface area contributed by atoms with Gasteiger partial charge in [0.15, 0.2) is 0 Å². The van der Waals surface area contributed by atoms with Gasteiger partial charge >= 0.3 is 0 Å². The van der Waals surface area contributed by atoms with Crippen LogP contribution in [0.5, 0.6) is 5.75 Å². The van der Waals surface area contributed by atoms with Crippen molar-refractivity contribution in [2.75, 3.05) is 31.6 Å². The van der Waals surface area contributed by atoms with E-state index >= 15 is 0 Å². The van der Waals surface area contributed by atoms with Gasteiger partial charge in [0.25, 0.3) is 0 Å². The van der Waals surface area contributed by atoms with Crippen molar-refractivity contribution in [2.45, 2.75) is 26.3 Å². The lowest BCUT2D eigenvalue weighted by atomic mass is 10.0. The van der Waals surface area contributed by atoms with Crippen LogP contribution >= 0.6 is 11.6 Å². The van der Waals surface area contributed by atoms with Crippen LogP contribution in [0.15, 0.2) is 12.1 Å². The molecule has 1 N–H and O–H groups in total. The summed E-state index contributed by atoms with van der Waals surface area (Å²) in [6.07, 6.45) is 0. The first-order valence-corrected chi connectivity index (χ1v) is 6.65. The smallest absolute Gasteiger partial charge is 0.143 e. The second kappa shape index (κ2) is 4.98. The van der Waals surface area contributed by atoms with Crippen molar-refractivity contribution in [2.24, 2.45) is 0 Å². The third-order valence-electron chi connectivity index (χ3n) is 3.37. The molecular formula is C14H21ClN2O. The summed E-state index contributed by atoms with van der Waals surface area (Å²) in [5.41, 5.74) is 2.34. The van der Waals surface area contributed by atoms with E-state index in [4.69, 9.17) is 16.3 Å².